The Morgan fingerprint density at radius 3 is 2.50 bits per heavy atom. The normalized spacial score (nSPS) is 11.7. The van der Waals surface area contributed by atoms with Crippen LogP contribution < -0.4 is 0 Å². The molecule has 0 aliphatic heterocycles. The van der Waals surface area contributed by atoms with E-state index in [9.17, 15) is 4.79 Å². The number of carbonyl (C=O) groups is 1. The summed E-state index contributed by atoms with van der Waals surface area (Å²) < 4.78 is 0. The van der Waals surface area contributed by atoms with E-state index in [-0.39, 0.29) is 11.2 Å². The zero-order valence-corrected chi connectivity index (χ0v) is 10.2. The number of thiophene rings is 1. The topological polar surface area (TPSA) is 17.1 Å². The minimum Gasteiger partial charge on any atom is -0.293 e. The van der Waals surface area contributed by atoms with Crippen molar-refractivity contribution in [1.82, 2.24) is 0 Å². The average molecular weight is 210 g/mol. The van der Waals surface area contributed by atoms with Gasteiger partial charge in [-0.15, -0.1) is 11.3 Å². The van der Waals surface area contributed by atoms with Gasteiger partial charge in [0, 0.05) is 10.3 Å². The van der Waals surface area contributed by atoms with Crippen molar-refractivity contribution in [3.63, 3.8) is 0 Å². The van der Waals surface area contributed by atoms with E-state index < -0.39 is 0 Å². The second-order valence-corrected chi connectivity index (χ2v) is 5.66. The Morgan fingerprint density at radius 1 is 1.43 bits per heavy atom. The Balaban J connectivity index is 2.84. The molecule has 0 saturated carbocycles. The molecule has 0 unspecified atom stereocenters. The van der Waals surface area contributed by atoms with Crippen LogP contribution in [0.4, 0.5) is 0 Å². The molecule has 0 amide bonds. The molecule has 0 aromatic carbocycles. The summed E-state index contributed by atoms with van der Waals surface area (Å²) in [6.45, 7) is 8.23. The van der Waals surface area contributed by atoms with Crippen molar-refractivity contribution in [3.05, 3.63) is 21.9 Å². The van der Waals surface area contributed by atoms with Gasteiger partial charge >= 0.3 is 0 Å². The summed E-state index contributed by atoms with van der Waals surface area (Å²) >= 11 is 1.60. The molecule has 0 fully saturated rings. The molecule has 0 aliphatic rings. The van der Waals surface area contributed by atoms with Gasteiger partial charge < -0.3 is 0 Å². The molecule has 0 saturated heterocycles. The first-order valence-corrected chi connectivity index (χ1v) is 5.90. The molecule has 0 bridgehead atoms. The van der Waals surface area contributed by atoms with E-state index in [1.165, 1.54) is 4.88 Å². The van der Waals surface area contributed by atoms with Crippen molar-refractivity contribution < 1.29 is 4.79 Å². The van der Waals surface area contributed by atoms with Gasteiger partial charge in [0.2, 0.25) is 0 Å². The van der Waals surface area contributed by atoms with E-state index in [0.717, 1.165) is 17.7 Å². The number of aryl methyl sites for hydroxylation is 1. The first kappa shape index (κ1) is 11.4. The van der Waals surface area contributed by atoms with Crippen LogP contribution in [0.3, 0.4) is 0 Å². The van der Waals surface area contributed by atoms with Gasteiger partial charge in [0.05, 0.1) is 4.88 Å². The summed E-state index contributed by atoms with van der Waals surface area (Å²) in [5, 5.41) is 0. The third-order valence-corrected chi connectivity index (χ3v) is 3.45. The molecule has 78 valence electrons. The zero-order valence-electron chi connectivity index (χ0n) is 9.39. The average Bonchev–Trinajstić information content (AvgIpc) is 2.50. The van der Waals surface area contributed by atoms with Crippen molar-refractivity contribution in [3.8, 4) is 0 Å². The maximum Gasteiger partial charge on any atom is 0.178 e. The van der Waals surface area contributed by atoms with Crippen molar-refractivity contribution >= 4 is 17.1 Å². The Kier molecular flexibility index (Phi) is 3.48. The van der Waals surface area contributed by atoms with Crippen LogP contribution in [0.5, 0.6) is 0 Å². The number of rotatable bonds is 4. The molecule has 0 radical (unpaired) electrons. The molecule has 1 rings (SSSR count). The van der Waals surface area contributed by atoms with Crippen LogP contribution in [-0.4, -0.2) is 5.78 Å². The summed E-state index contributed by atoms with van der Waals surface area (Å²) in [6.07, 6.45) is 2.02. The second kappa shape index (κ2) is 4.26. The predicted octanol–water partition coefficient (Wildman–Crippen LogP) is 4.07. The molecule has 14 heavy (non-hydrogen) atoms. The Labute approximate surface area is 90.2 Å². The monoisotopic (exact) mass is 210 g/mol. The van der Waals surface area contributed by atoms with Gasteiger partial charge in [-0.2, -0.15) is 0 Å². The van der Waals surface area contributed by atoms with Crippen LogP contribution >= 0.6 is 11.3 Å². The first-order chi connectivity index (χ1) is 6.47. The third-order valence-electron chi connectivity index (χ3n) is 2.45. The van der Waals surface area contributed by atoms with Gasteiger partial charge in [-0.1, -0.05) is 27.2 Å². The molecule has 1 nitrogen and oxygen atoms in total. The lowest BCUT2D eigenvalue weighted by Gasteiger charge is -2.21. The molecule has 0 N–H and O–H groups in total. The van der Waals surface area contributed by atoms with Crippen LogP contribution in [0.25, 0.3) is 0 Å². The Bertz CT molecular complexity index is 323. The number of carbonyl (C=O) groups excluding carboxylic acids is 1. The fourth-order valence-corrected chi connectivity index (χ4v) is 2.62. The van der Waals surface area contributed by atoms with Gasteiger partial charge in [0.25, 0.3) is 0 Å². The van der Waals surface area contributed by atoms with Gasteiger partial charge in [-0.05, 0) is 25.5 Å². The van der Waals surface area contributed by atoms with E-state index in [0.29, 0.717) is 0 Å². The lowest BCUT2D eigenvalue weighted by Crippen LogP contribution is -2.23. The molecule has 1 aromatic rings. The highest BCUT2D eigenvalue weighted by Gasteiger charge is 2.28. The quantitative estimate of drug-likeness (QED) is 0.685. The molecular formula is C12H18OS. The Hall–Kier alpha value is -0.630. The largest absolute Gasteiger partial charge is 0.293 e. The first-order valence-electron chi connectivity index (χ1n) is 5.08. The SMILES string of the molecule is CCCC(C)(C)C(=O)c1ccc(C)s1. The maximum atomic E-state index is 12.1. The van der Waals surface area contributed by atoms with Crippen LogP contribution in [-0.2, 0) is 0 Å². The lowest BCUT2D eigenvalue weighted by atomic mass is 9.83. The molecular weight excluding hydrogens is 192 g/mol. The highest BCUT2D eigenvalue weighted by Crippen LogP contribution is 2.30. The summed E-state index contributed by atoms with van der Waals surface area (Å²) in [4.78, 5) is 14.2. The highest BCUT2D eigenvalue weighted by molar-refractivity contribution is 7.14. The van der Waals surface area contributed by atoms with Crippen molar-refractivity contribution in [2.75, 3.05) is 0 Å². The van der Waals surface area contributed by atoms with Crippen LogP contribution in [0.15, 0.2) is 12.1 Å². The smallest absolute Gasteiger partial charge is 0.178 e. The molecule has 1 heterocycles. The third kappa shape index (κ3) is 2.44. The number of ketones is 1. The second-order valence-electron chi connectivity index (χ2n) is 4.37. The number of hydrogen-bond acceptors (Lipinski definition) is 2. The van der Waals surface area contributed by atoms with Crippen molar-refractivity contribution in [2.24, 2.45) is 5.41 Å². The predicted molar refractivity (Wildman–Crippen MR) is 62.1 cm³/mol. The van der Waals surface area contributed by atoms with Crippen LogP contribution in [0.1, 0.15) is 48.2 Å². The molecule has 1 aromatic heterocycles. The number of hydrogen-bond donors (Lipinski definition) is 0. The molecule has 0 atom stereocenters. The highest BCUT2D eigenvalue weighted by atomic mass is 32.1. The maximum absolute atomic E-state index is 12.1. The van der Waals surface area contributed by atoms with Gasteiger partial charge in [-0.3, -0.25) is 4.79 Å². The van der Waals surface area contributed by atoms with E-state index in [4.69, 9.17) is 0 Å². The summed E-state index contributed by atoms with van der Waals surface area (Å²) in [5.41, 5.74) is -0.202. The Morgan fingerprint density at radius 2 is 2.07 bits per heavy atom. The van der Waals surface area contributed by atoms with Crippen LogP contribution in [0, 0.1) is 12.3 Å². The van der Waals surface area contributed by atoms with Crippen LogP contribution in [0.2, 0.25) is 0 Å². The van der Waals surface area contributed by atoms with Gasteiger partial charge in [0.15, 0.2) is 5.78 Å². The summed E-state index contributed by atoms with van der Waals surface area (Å²) in [6, 6.07) is 3.96. The standard InChI is InChI=1S/C12H18OS/c1-5-8-12(3,4)11(13)10-7-6-9(2)14-10/h6-7H,5,8H2,1-4H3. The molecule has 0 spiro atoms. The van der Waals surface area contributed by atoms with Gasteiger partial charge in [0.1, 0.15) is 0 Å². The van der Waals surface area contributed by atoms with E-state index in [2.05, 4.69) is 6.92 Å². The fraction of sp³-hybridized carbons (Fsp3) is 0.583. The van der Waals surface area contributed by atoms with E-state index in [1.807, 2.05) is 32.9 Å². The minimum absolute atomic E-state index is 0.202. The fourth-order valence-electron chi connectivity index (χ4n) is 1.63. The lowest BCUT2D eigenvalue weighted by molar-refractivity contribution is 0.0830. The van der Waals surface area contributed by atoms with E-state index in [1.54, 1.807) is 11.3 Å². The molecule has 0 aliphatic carbocycles. The van der Waals surface area contributed by atoms with Crippen molar-refractivity contribution in [1.29, 1.82) is 0 Å². The van der Waals surface area contributed by atoms with E-state index >= 15 is 0 Å². The zero-order chi connectivity index (χ0) is 10.8. The minimum atomic E-state index is -0.202. The summed E-state index contributed by atoms with van der Waals surface area (Å²) in [5.74, 6) is 0.289. The summed E-state index contributed by atoms with van der Waals surface area (Å²) in [7, 11) is 0. The molecule has 2 heteroatoms. The van der Waals surface area contributed by atoms with Crippen molar-refractivity contribution in [2.45, 2.75) is 40.5 Å². The number of Topliss-reactive ketones (excluding diaryl/α,β-unsaturated/α-hetero) is 1. The van der Waals surface area contributed by atoms with Gasteiger partial charge in [-0.25, -0.2) is 0 Å².